The molecule has 0 radical (unpaired) electrons. The number of rotatable bonds is 6. The van der Waals surface area contributed by atoms with Crippen molar-refractivity contribution in [3.63, 3.8) is 0 Å². The maximum absolute atomic E-state index is 6.82. The Kier molecular flexibility index (Phi) is 10.1. The first-order valence-corrected chi connectivity index (χ1v) is 23.3. The fraction of sp³-hybridized carbons (Fsp3) is 0.241. The zero-order chi connectivity index (χ0) is 42.0. The number of para-hydroxylation sites is 2. The van der Waals surface area contributed by atoms with Crippen molar-refractivity contribution in [2.45, 2.75) is 78.6 Å². The number of fused-ring (bicyclic) bond motifs is 3. The molecule has 6 heteroatoms. The van der Waals surface area contributed by atoms with E-state index in [9.17, 15) is 0 Å². The second kappa shape index (κ2) is 15.2. The molecule has 6 aromatic carbocycles. The molecular formula is C54H54N4OTe. The topological polar surface area (TPSA) is 31.8 Å². The largest absolute Gasteiger partial charge is 0.0561 e. The van der Waals surface area contributed by atoms with Crippen LogP contribution < -0.4 is 26.7 Å². The van der Waals surface area contributed by atoms with Gasteiger partial charge >= 0.3 is 245 Å². The van der Waals surface area contributed by atoms with Crippen LogP contribution in [0.3, 0.4) is 0 Å². The Morgan fingerprint density at radius 3 is 1.88 bits per heavy atom. The SMILES string of the molecule is CC(C)(C)c1cc(N2CN(c3cccc(Oc4ccc5c(c4)N(c4cc(C(C)(C)C)ccn4)c4ccccc4[Te]5)c3)c3cccc(-c4ccccc4)c32)cc(C(C)(C)C)c1. The van der Waals surface area contributed by atoms with E-state index in [4.69, 9.17) is 9.72 Å². The van der Waals surface area contributed by atoms with Gasteiger partial charge in [0.05, 0.1) is 0 Å². The molecule has 2 aliphatic rings. The number of benzene rings is 6. The van der Waals surface area contributed by atoms with Crippen LogP contribution in [0.25, 0.3) is 11.1 Å². The van der Waals surface area contributed by atoms with Crippen LogP contribution in [-0.2, 0) is 16.2 Å². The monoisotopic (exact) mass is 904 g/mol. The van der Waals surface area contributed by atoms with Crippen molar-refractivity contribution < 1.29 is 4.74 Å². The van der Waals surface area contributed by atoms with Crippen molar-refractivity contribution in [3.05, 3.63) is 168 Å². The minimum Gasteiger partial charge on any atom is -0.0561 e. The molecule has 0 bridgehead atoms. The van der Waals surface area contributed by atoms with Crippen LogP contribution in [-0.4, -0.2) is 32.6 Å². The van der Waals surface area contributed by atoms with Gasteiger partial charge < -0.3 is 0 Å². The van der Waals surface area contributed by atoms with E-state index in [1.165, 1.54) is 57.8 Å². The summed E-state index contributed by atoms with van der Waals surface area (Å²) in [6.45, 7) is 21.3. The zero-order valence-electron chi connectivity index (χ0n) is 36.2. The number of hydrogen-bond donors (Lipinski definition) is 0. The molecule has 0 saturated heterocycles. The Morgan fingerprint density at radius 1 is 0.500 bits per heavy atom. The first-order chi connectivity index (χ1) is 28.6. The fourth-order valence-corrected chi connectivity index (χ4v) is 11.1. The van der Waals surface area contributed by atoms with Crippen molar-refractivity contribution in [3.8, 4) is 22.6 Å². The molecule has 1 aromatic heterocycles. The summed E-state index contributed by atoms with van der Waals surface area (Å²) in [4.78, 5) is 12.2. The van der Waals surface area contributed by atoms with Crippen molar-refractivity contribution in [1.29, 1.82) is 0 Å². The van der Waals surface area contributed by atoms with Crippen LogP contribution in [0.1, 0.15) is 79.0 Å². The molecule has 0 saturated carbocycles. The molecule has 7 aromatic rings. The molecular weight excluding hydrogens is 848 g/mol. The summed E-state index contributed by atoms with van der Waals surface area (Å²) in [5.41, 5.74) is 13.4. The van der Waals surface area contributed by atoms with Crippen LogP contribution in [0, 0.1) is 0 Å². The van der Waals surface area contributed by atoms with Crippen molar-refractivity contribution in [1.82, 2.24) is 4.98 Å². The maximum Gasteiger partial charge on any atom is -0.0131 e. The number of hydrogen-bond acceptors (Lipinski definition) is 5. The third-order valence-electron chi connectivity index (χ3n) is 11.6. The second-order valence-electron chi connectivity index (χ2n) is 19.1. The Labute approximate surface area is 366 Å². The predicted molar refractivity (Wildman–Crippen MR) is 254 cm³/mol. The minimum atomic E-state index is -0.608. The van der Waals surface area contributed by atoms with E-state index in [1.54, 1.807) is 0 Å². The molecule has 5 nitrogen and oxygen atoms in total. The molecule has 0 spiro atoms. The summed E-state index contributed by atoms with van der Waals surface area (Å²) in [5, 5.41) is 0. The number of pyridine rings is 1. The third-order valence-corrected chi connectivity index (χ3v) is 14.8. The first-order valence-electron chi connectivity index (χ1n) is 21.0. The normalized spacial score (nSPS) is 13.8. The smallest absolute Gasteiger partial charge is 0.0131 e. The molecule has 60 heavy (non-hydrogen) atoms. The summed E-state index contributed by atoms with van der Waals surface area (Å²) in [6.07, 6.45) is 1.95. The van der Waals surface area contributed by atoms with E-state index >= 15 is 0 Å². The van der Waals surface area contributed by atoms with Crippen molar-refractivity contribution in [2.24, 2.45) is 0 Å². The van der Waals surface area contributed by atoms with Crippen molar-refractivity contribution >= 4 is 68.1 Å². The van der Waals surface area contributed by atoms with Gasteiger partial charge in [-0.25, -0.2) is 0 Å². The van der Waals surface area contributed by atoms with Crippen molar-refractivity contribution in [2.75, 3.05) is 21.4 Å². The number of nitrogens with zero attached hydrogens (tertiary/aromatic N) is 4. The standard InChI is InChI=1S/C54H54N4OTe/c1-52(2,3)37-27-28-55-50(32-37)58-45-22-13-14-24-48(45)60-49-26-25-43(34-47(49)58)59-42-20-15-19-40(33-42)56-35-57(41-30-38(53(4,5)6)29-39(31-41)54(7,8)9)51-44(21-16-23-46(51)56)36-17-11-10-12-18-36/h10-34H,35H2,1-9H3. The second-order valence-corrected chi connectivity index (χ2v) is 22.2. The summed E-state index contributed by atoms with van der Waals surface area (Å²) < 4.78 is 9.60. The Hall–Kier alpha value is -5.54. The van der Waals surface area contributed by atoms with E-state index in [0.717, 1.165) is 28.7 Å². The van der Waals surface area contributed by atoms with E-state index < -0.39 is 20.9 Å². The van der Waals surface area contributed by atoms with Gasteiger partial charge in [0, 0.05) is 0 Å². The van der Waals surface area contributed by atoms with Crippen LogP contribution in [0.5, 0.6) is 11.5 Å². The Bertz CT molecular complexity index is 2690. The minimum absolute atomic E-state index is 0.00181. The summed E-state index contributed by atoms with van der Waals surface area (Å²) in [6, 6.07) is 53.1. The summed E-state index contributed by atoms with van der Waals surface area (Å²) >= 11 is -0.608. The van der Waals surface area contributed by atoms with Crippen LogP contribution >= 0.6 is 0 Å². The molecule has 0 fully saturated rings. The molecule has 3 heterocycles. The Morgan fingerprint density at radius 2 is 1.15 bits per heavy atom. The summed E-state index contributed by atoms with van der Waals surface area (Å²) in [5.74, 6) is 2.53. The molecule has 0 atom stereocenters. The molecule has 302 valence electrons. The van der Waals surface area contributed by atoms with Gasteiger partial charge in [0.2, 0.25) is 0 Å². The van der Waals surface area contributed by atoms with Gasteiger partial charge in [-0.15, -0.1) is 0 Å². The zero-order valence-corrected chi connectivity index (χ0v) is 38.6. The average Bonchev–Trinajstić information content (AvgIpc) is 3.62. The van der Waals surface area contributed by atoms with E-state index in [2.05, 4.69) is 223 Å². The molecule has 9 rings (SSSR count). The van der Waals surface area contributed by atoms with Gasteiger partial charge in [-0.1, -0.05) is 84.0 Å². The molecule has 0 amide bonds. The predicted octanol–water partition coefficient (Wildman–Crippen LogP) is 13.1. The van der Waals surface area contributed by atoms with Gasteiger partial charge in [0.25, 0.3) is 0 Å². The molecule has 0 N–H and O–H groups in total. The number of anilines is 7. The summed E-state index contributed by atoms with van der Waals surface area (Å²) in [7, 11) is 0. The van der Waals surface area contributed by atoms with Crippen LogP contribution in [0.2, 0.25) is 0 Å². The quantitative estimate of drug-likeness (QED) is 0.155. The third kappa shape index (κ3) is 7.68. The van der Waals surface area contributed by atoms with E-state index in [-0.39, 0.29) is 16.2 Å². The van der Waals surface area contributed by atoms with E-state index in [0.29, 0.717) is 6.67 Å². The van der Waals surface area contributed by atoms with Crippen LogP contribution in [0.4, 0.5) is 39.9 Å². The average molecular weight is 903 g/mol. The maximum atomic E-state index is 6.82. The number of ether oxygens (including phenoxy) is 1. The number of aromatic nitrogens is 1. The van der Waals surface area contributed by atoms with Gasteiger partial charge in [-0.2, -0.15) is 0 Å². The Balaban J connectivity index is 1.10. The van der Waals surface area contributed by atoms with E-state index in [1.807, 2.05) is 6.20 Å². The van der Waals surface area contributed by atoms with Gasteiger partial charge in [0.15, 0.2) is 0 Å². The molecule has 0 unspecified atom stereocenters. The van der Waals surface area contributed by atoms with Gasteiger partial charge in [-0.05, 0) is 39.7 Å². The van der Waals surface area contributed by atoms with Crippen LogP contribution in [0.15, 0.2) is 152 Å². The van der Waals surface area contributed by atoms with Gasteiger partial charge in [0.1, 0.15) is 0 Å². The fourth-order valence-electron chi connectivity index (χ4n) is 8.14. The van der Waals surface area contributed by atoms with Gasteiger partial charge in [-0.3, -0.25) is 0 Å². The first kappa shape index (κ1) is 39.9. The molecule has 0 aliphatic carbocycles. The molecule has 2 aliphatic heterocycles.